The first-order chi connectivity index (χ1) is 12.2. The number of rotatable bonds is 5. The molecule has 2 heterocycles. The lowest BCUT2D eigenvalue weighted by Crippen LogP contribution is -2.32. The van der Waals surface area contributed by atoms with Gasteiger partial charge < -0.3 is 4.42 Å². The Morgan fingerprint density at radius 2 is 2.00 bits per heavy atom. The highest BCUT2D eigenvalue weighted by atomic mass is 35.5. The maximum atomic E-state index is 12.4. The fraction of sp³-hybridized carbons (Fsp3) is 0.125. The van der Waals surface area contributed by atoms with Crippen LogP contribution in [0.4, 0.5) is 0 Å². The quantitative estimate of drug-likeness (QED) is 0.440. The molecule has 0 aliphatic carbocycles. The molecule has 1 aliphatic rings. The smallest absolute Gasteiger partial charge is 0.266 e. The Balaban J connectivity index is 1.80. The van der Waals surface area contributed by atoms with E-state index in [9.17, 15) is 13.2 Å². The number of carbonyl (C=O) groups is 1. The Hall–Kier alpha value is -1.65. The van der Waals surface area contributed by atoms with Crippen LogP contribution in [0.25, 0.3) is 17.4 Å². The van der Waals surface area contributed by atoms with Crippen LogP contribution in [0.1, 0.15) is 5.76 Å². The van der Waals surface area contributed by atoms with Crippen molar-refractivity contribution in [2.45, 2.75) is 0 Å². The van der Waals surface area contributed by atoms with Gasteiger partial charge in [0.25, 0.3) is 16.0 Å². The topological polar surface area (TPSA) is 87.8 Å². The zero-order chi connectivity index (χ0) is 18.9. The van der Waals surface area contributed by atoms with Gasteiger partial charge >= 0.3 is 0 Å². The lowest BCUT2D eigenvalue weighted by Gasteiger charge is -2.12. The van der Waals surface area contributed by atoms with Gasteiger partial charge in [-0.05, 0) is 24.3 Å². The first-order valence-corrected chi connectivity index (χ1v) is 10.5. The van der Waals surface area contributed by atoms with Crippen LogP contribution in [0.3, 0.4) is 0 Å². The summed E-state index contributed by atoms with van der Waals surface area (Å²) >= 11 is 12.3. The van der Waals surface area contributed by atoms with E-state index in [2.05, 4.69) is 0 Å². The summed E-state index contributed by atoms with van der Waals surface area (Å²) in [5.41, 5.74) is 0.731. The van der Waals surface area contributed by atoms with Crippen molar-refractivity contribution in [2.24, 2.45) is 0 Å². The molecule has 10 heteroatoms. The largest absolute Gasteiger partial charge is 0.457 e. The lowest BCUT2D eigenvalue weighted by atomic mass is 10.2. The monoisotopic (exact) mass is 429 g/mol. The molecule has 6 nitrogen and oxygen atoms in total. The number of benzene rings is 1. The fourth-order valence-electron chi connectivity index (χ4n) is 2.26. The first kappa shape index (κ1) is 19.1. The van der Waals surface area contributed by atoms with Crippen LogP contribution < -0.4 is 0 Å². The van der Waals surface area contributed by atoms with Crippen molar-refractivity contribution in [1.82, 2.24) is 4.90 Å². The molecule has 3 rings (SSSR count). The van der Waals surface area contributed by atoms with Crippen LogP contribution >= 0.6 is 35.6 Å². The summed E-state index contributed by atoms with van der Waals surface area (Å²) in [6.45, 7) is -0.204. The van der Waals surface area contributed by atoms with Crippen LogP contribution in [0, 0.1) is 0 Å². The first-order valence-electron chi connectivity index (χ1n) is 7.30. The molecule has 1 aliphatic heterocycles. The van der Waals surface area contributed by atoms with Gasteiger partial charge in [-0.2, -0.15) is 8.42 Å². The summed E-state index contributed by atoms with van der Waals surface area (Å²) in [4.78, 5) is 13.8. The van der Waals surface area contributed by atoms with Crippen LogP contribution in [-0.2, 0) is 14.9 Å². The highest BCUT2D eigenvalue weighted by molar-refractivity contribution is 8.26. The minimum atomic E-state index is -4.18. The minimum absolute atomic E-state index is 0.204. The molecule has 1 aromatic heterocycles. The summed E-state index contributed by atoms with van der Waals surface area (Å²) in [5.74, 6) is -0.0114. The Kier molecular flexibility index (Phi) is 5.54. The average Bonchev–Trinajstić information content (AvgIpc) is 3.11. The van der Waals surface area contributed by atoms with Crippen molar-refractivity contribution >= 4 is 62.0 Å². The number of nitrogens with zero attached hydrogens (tertiary/aromatic N) is 1. The number of thioether (sulfide) groups is 1. The van der Waals surface area contributed by atoms with Gasteiger partial charge in [0.1, 0.15) is 15.8 Å². The highest BCUT2D eigenvalue weighted by Gasteiger charge is 2.32. The van der Waals surface area contributed by atoms with Gasteiger partial charge in [0.2, 0.25) is 0 Å². The van der Waals surface area contributed by atoms with Gasteiger partial charge in [-0.1, -0.05) is 47.7 Å². The number of thiocarbonyl (C=S) groups is 1. The number of hydrogen-bond donors (Lipinski definition) is 1. The Morgan fingerprint density at radius 3 is 2.69 bits per heavy atom. The molecule has 1 fully saturated rings. The van der Waals surface area contributed by atoms with Gasteiger partial charge in [0.15, 0.2) is 0 Å². The van der Waals surface area contributed by atoms with E-state index >= 15 is 0 Å². The third-order valence-electron chi connectivity index (χ3n) is 3.49. The lowest BCUT2D eigenvalue weighted by molar-refractivity contribution is -0.121. The average molecular weight is 430 g/mol. The summed E-state index contributed by atoms with van der Waals surface area (Å²) < 4.78 is 36.5. The van der Waals surface area contributed by atoms with E-state index < -0.39 is 21.8 Å². The Labute approximate surface area is 164 Å². The van der Waals surface area contributed by atoms with Crippen molar-refractivity contribution in [2.75, 3.05) is 12.3 Å². The minimum Gasteiger partial charge on any atom is -0.457 e. The maximum absolute atomic E-state index is 12.4. The highest BCUT2D eigenvalue weighted by Crippen LogP contribution is 2.34. The van der Waals surface area contributed by atoms with E-state index in [-0.39, 0.29) is 10.9 Å². The predicted octanol–water partition coefficient (Wildman–Crippen LogP) is 3.69. The maximum Gasteiger partial charge on any atom is 0.266 e. The molecule has 1 aromatic carbocycles. The van der Waals surface area contributed by atoms with Crippen LogP contribution in [-0.4, -0.2) is 40.4 Å². The van der Waals surface area contributed by atoms with Crippen molar-refractivity contribution in [1.29, 1.82) is 0 Å². The number of halogens is 1. The van der Waals surface area contributed by atoms with E-state index in [0.29, 0.717) is 21.4 Å². The summed E-state index contributed by atoms with van der Waals surface area (Å²) in [7, 11) is -4.18. The van der Waals surface area contributed by atoms with E-state index in [1.165, 1.54) is 6.08 Å². The number of amides is 1. The molecule has 0 saturated carbocycles. The van der Waals surface area contributed by atoms with E-state index in [0.717, 1.165) is 22.2 Å². The van der Waals surface area contributed by atoms with Crippen molar-refractivity contribution in [3.63, 3.8) is 0 Å². The van der Waals surface area contributed by atoms with Gasteiger partial charge in [0.05, 0.1) is 15.7 Å². The fourth-order valence-corrected chi connectivity index (χ4v) is 4.20. The molecule has 0 bridgehead atoms. The molecular formula is C16H12ClNO5S3. The normalized spacial score (nSPS) is 16.7. The van der Waals surface area contributed by atoms with E-state index in [4.69, 9.17) is 32.8 Å². The standard InChI is InChI=1S/C16H12ClNO5S3/c17-12-4-2-1-3-11(12)13-6-5-10(23-13)9-14-15(19)18(16(24)25-14)7-8-26(20,21)22/h1-6,9H,7-8H2,(H,20,21,22). The molecule has 1 N–H and O–H groups in total. The molecule has 0 spiro atoms. The van der Waals surface area contributed by atoms with Crippen molar-refractivity contribution < 1.29 is 22.2 Å². The SMILES string of the molecule is O=C1C(=Cc2ccc(-c3ccccc3Cl)o2)SC(=S)N1CCS(=O)(=O)O. The second-order valence-electron chi connectivity index (χ2n) is 5.30. The second kappa shape index (κ2) is 7.53. The van der Waals surface area contributed by atoms with Crippen molar-refractivity contribution in [3.8, 4) is 11.3 Å². The molecule has 1 saturated heterocycles. The number of carbonyl (C=O) groups excluding carboxylic acids is 1. The molecule has 0 unspecified atom stereocenters. The van der Waals surface area contributed by atoms with Gasteiger partial charge in [-0.3, -0.25) is 14.2 Å². The van der Waals surface area contributed by atoms with Crippen LogP contribution in [0.2, 0.25) is 5.02 Å². The molecular weight excluding hydrogens is 418 g/mol. The number of hydrogen-bond acceptors (Lipinski definition) is 6. The van der Waals surface area contributed by atoms with Gasteiger partial charge in [-0.15, -0.1) is 0 Å². The van der Waals surface area contributed by atoms with E-state index in [1.54, 1.807) is 18.2 Å². The number of furan rings is 1. The molecule has 2 aromatic rings. The predicted molar refractivity (Wildman–Crippen MR) is 105 cm³/mol. The van der Waals surface area contributed by atoms with Crippen molar-refractivity contribution in [3.05, 3.63) is 52.1 Å². The summed E-state index contributed by atoms with van der Waals surface area (Å²) in [5, 5.41) is 0.546. The zero-order valence-corrected chi connectivity index (χ0v) is 16.3. The third-order valence-corrected chi connectivity index (χ3v) is 5.89. The van der Waals surface area contributed by atoms with E-state index in [1.807, 2.05) is 18.2 Å². The van der Waals surface area contributed by atoms with Gasteiger partial charge in [-0.25, -0.2) is 0 Å². The van der Waals surface area contributed by atoms with Crippen LogP contribution in [0.15, 0.2) is 45.7 Å². The summed E-state index contributed by atoms with van der Waals surface area (Å²) in [6.07, 6.45) is 1.53. The Morgan fingerprint density at radius 1 is 1.27 bits per heavy atom. The molecule has 26 heavy (non-hydrogen) atoms. The van der Waals surface area contributed by atoms with Gasteiger partial charge in [0, 0.05) is 18.2 Å². The van der Waals surface area contributed by atoms with Crippen LogP contribution in [0.5, 0.6) is 0 Å². The second-order valence-corrected chi connectivity index (χ2v) is 8.96. The molecule has 0 atom stereocenters. The molecule has 136 valence electrons. The third kappa shape index (κ3) is 4.36. The molecule has 1 amide bonds. The molecule has 0 radical (unpaired) electrons. The summed E-state index contributed by atoms with van der Waals surface area (Å²) in [6, 6.07) is 10.7. The zero-order valence-electron chi connectivity index (χ0n) is 13.1. The Bertz CT molecular complexity index is 1010.